The van der Waals surface area contributed by atoms with Crippen molar-refractivity contribution in [3.63, 3.8) is 0 Å². The van der Waals surface area contributed by atoms with Gasteiger partial charge < -0.3 is 10.5 Å². The van der Waals surface area contributed by atoms with Gasteiger partial charge in [0, 0.05) is 6.54 Å². The highest BCUT2D eigenvalue weighted by Crippen LogP contribution is 2.33. The summed E-state index contributed by atoms with van der Waals surface area (Å²) in [6.45, 7) is -0.576. The Balaban J connectivity index is 3.44. The van der Waals surface area contributed by atoms with Crippen LogP contribution in [0.15, 0.2) is 6.07 Å². The molecule has 19 heavy (non-hydrogen) atoms. The van der Waals surface area contributed by atoms with Crippen molar-refractivity contribution in [2.75, 3.05) is 0 Å². The number of alkyl halides is 6. The quantitative estimate of drug-likeness (QED) is 0.684. The lowest BCUT2D eigenvalue weighted by Crippen LogP contribution is -2.22. The predicted molar refractivity (Wildman–Crippen MR) is 49.2 cm³/mol. The molecule has 2 N–H and O–H groups in total. The second-order valence-corrected chi connectivity index (χ2v) is 3.25. The number of aldehydes is 1. The fourth-order valence-electron chi connectivity index (χ4n) is 1.21. The van der Waals surface area contributed by atoms with Gasteiger partial charge in [-0.05, 0) is 11.6 Å². The van der Waals surface area contributed by atoms with Crippen molar-refractivity contribution in [1.29, 1.82) is 0 Å². The van der Waals surface area contributed by atoms with Gasteiger partial charge in [0.05, 0.1) is 5.56 Å². The van der Waals surface area contributed by atoms with E-state index in [4.69, 9.17) is 5.73 Å². The Bertz CT molecular complexity index is 483. The maximum absolute atomic E-state index is 12.4. The molecular weight excluding hydrogens is 282 g/mol. The first-order valence-corrected chi connectivity index (χ1v) is 4.60. The Morgan fingerprint density at radius 3 is 2.21 bits per heavy atom. The molecule has 1 aromatic heterocycles. The van der Waals surface area contributed by atoms with Gasteiger partial charge in [0.15, 0.2) is 6.29 Å². The summed E-state index contributed by atoms with van der Waals surface area (Å²) in [6.07, 6.45) is -10.4. The number of carbonyl (C=O) groups excluding carboxylic acids is 1. The number of hydrogen-bond donors (Lipinski definition) is 1. The molecular formula is C9H6F6N2O2. The highest BCUT2D eigenvalue weighted by Gasteiger charge is 2.38. The van der Waals surface area contributed by atoms with Crippen molar-refractivity contribution in [3.8, 4) is 5.88 Å². The molecule has 0 unspecified atom stereocenters. The number of rotatable bonds is 3. The van der Waals surface area contributed by atoms with Crippen LogP contribution in [0.5, 0.6) is 5.88 Å². The van der Waals surface area contributed by atoms with Crippen molar-refractivity contribution in [2.24, 2.45) is 5.73 Å². The van der Waals surface area contributed by atoms with Crippen LogP contribution in [-0.4, -0.2) is 17.6 Å². The molecule has 0 bridgehead atoms. The lowest BCUT2D eigenvalue weighted by molar-refractivity contribution is -0.276. The van der Waals surface area contributed by atoms with Crippen LogP contribution < -0.4 is 10.5 Å². The molecule has 0 atom stereocenters. The molecule has 0 aromatic carbocycles. The van der Waals surface area contributed by atoms with Gasteiger partial charge in [-0.3, -0.25) is 4.79 Å². The van der Waals surface area contributed by atoms with E-state index in [0.29, 0.717) is 6.07 Å². The van der Waals surface area contributed by atoms with Crippen molar-refractivity contribution in [3.05, 3.63) is 22.9 Å². The van der Waals surface area contributed by atoms with Crippen LogP contribution in [0.4, 0.5) is 26.3 Å². The number of aromatic nitrogens is 1. The topological polar surface area (TPSA) is 65.2 Å². The zero-order valence-electron chi connectivity index (χ0n) is 8.97. The van der Waals surface area contributed by atoms with Gasteiger partial charge in [-0.15, -0.1) is 13.2 Å². The molecule has 1 heterocycles. The maximum Gasteiger partial charge on any atom is 0.574 e. The molecule has 0 aliphatic carbocycles. The first kappa shape index (κ1) is 15.2. The number of pyridine rings is 1. The summed E-state index contributed by atoms with van der Waals surface area (Å²) >= 11 is 0. The first-order chi connectivity index (χ1) is 8.58. The van der Waals surface area contributed by atoms with Crippen molar-refractivity contribution < 1.29 is 35.9 Å². The van der Waals surface area contributed by atoms with Gasteiger partial charge in [-0.2, -0.15) is 13.2 Å². The Kier molecular flexibility index (Phi) is 4.03. The lowest BCUT2D eigenvalue weighted by Gasteiger charge is -2.15. The van der Waals surface area contributed by atoms with Crippen LogP contribution in [-0.2, 0) is 12.7 Å². The largest absolute Gasteiger partial charge is 0.574 e. The van der Waals surface area contributed by atoms with Gasteiger partial charge in [-0.1, -0.05) is 0 Å². The van der Waals surface area contributed by atoms with Gasteiger partial charge in [0.1, 0.15) is 5.69 Å². The van der Waals surface area contributed by atoms with E-state index >= 15 is 0 Å². The molecule has 0 spiro atoms. The van der Waals surface area contributed by atoms with E-state index < -0.39 is 41.8 Å². The minimum Gasteiger partial charge on any atom is -0.387 e. The third-order valence-corrected chi connectivity index (χ3v) is 1.95. The van der Waals surface area contributed by atoms with E-state index in [9.17, 15) is 31.1 Å². The van der Waals surface area contributed by atoms with Crippen LogP contribution in [0.25, 0.3) is 0 Å². The van der Waals surface area contributed by atoms with Crippen LogP contribution in [0.1, 0.15) is 21.6 Å². The van der Waals surface area contributed by atoms with Crippen LogP contribution in [0, 0.1) is 0 Å². The monoisotopic (exact) mass is 288 g/mol. The molecule has 0 radical (unpaired) electrons. The van der Waals surface area contributed by atoms with Crippen LogP contribution in [0.2, 0.25) is 0 Å². The number of halogens is 6. The normalized spacial score (nSPS) is 12.4. The average molecular weight is 288 g/mol. The van der Waals surface area contributed by atoms with E-state index in [1.54, 1.807) is 0 Å². The third-order valence-electron chi connectivity index (χ3n) is 1.95. The number of hydrogen-bond acceptors (Lipinski definition) is 4. The number of nitrogens with two attached hydrogens (primary N) is 1. The third kappa shape index (κ3) is 3.81. The zero-order valence-corrected chi connectivity index (χ0v) is 8.97. The Morgan fingerprint density at radius 2 is 1.84 bits per heavy atom. The SMILES string of the molecule is NCc1cc(C(F)(F)F)nc(OC(F)(F)F)c1C=O. The van der Waals surface area contributed by atoms with Gasteiger partial charge in [0.25, 0.3) is 0 Å². The van der Waals surface area contributed by atoms with Crippen LogP contribution >= 0.6 is 0 Å². The van der Waals surface area contributed by atoms with Gasteiger partial charge >= 0.3 is 12.5 Å². The summed E-state index contributed by atoms with van der Waals surface area (Å²) < 4.78 is 76.7. The molecule has 0 saturated heterocycles. The summed E-state index contributed by atoms with van der Waals surface area (Å²) in [7, 11) is 0. The predicted octanol–water partition coefficient (Wildman–Crippen LogP) is 2.27. The summed E-state index contributed by atoms with van der Waals surface area (Å²) in [4.78, 5) is 13.3. The Hall–Kier alpha value is -1.84. The zero-order chi connectivity index (χ0) is 14.8. The molecule has 1 aromatic rings. The molecule has 0 saturated carbocycles. The van der Waals surface area contributed by atoms with Crippen molar-refractivity contribution in [1.82, 2.24) is 4.98 Å². The fraction of sp³-hybridized carbons (Fsp3) is 0.333. The molecule has 106 valence electrons. The van der Waals surface area contributed by atoms with Crippen molar-refractivity contribution >= 4 is 6.29 Å². The standard InChI is InChI=1S/C9H6F6N2O2/c10-8(11,12)6-1-4(2-16)5(3-18)7(17-6)19-9(13,14)15/h1,3H,2,16H2. The van der Waals surface area contributed by atoms with Gasteiger partial charge in [-0.25, -0.2) is 4.98 Å². The highest BCUT2D eigenvalue weighted by atomic mass is 19.4. The second-order valence-electron chi connectivity index (χ2n) is 3.25. The molecule has 4 nitrogen and oxygen atoms in total. The first-order valence-electron chi connectivity index (χ1n) is 4.60. The molecule has 0 aliphatic heterocycles. The van der Waals surface area contributed by atoms with E-state index in [-0.39, 0.29) is 6.29 Å². The van der Waals surface area contributed by atoms with E-state index in [1.807, 2.05) is 0 Å². The summed E-state index contributed by atoms with van der Waals surface area (Å²) in [5.41, 5.74) is 2.24. The Morgan fingerprint density at radius 1 is 1.26 bits per heavy atom. The molecule has 0 aliphatic rings. The summed E-state index contributed by atoms with van der Waals surface area (Å²) in [6, 6.07) is 0.396. The highest BCUT2D eigenvalue weighted by molar-refractivity contribution is 5.80. The van der Waals surface area contributed by atoms with E-state index in [2.05, 4.69) is 9.72 Å². The summed E-state index contributed by atoms with van der Waals surface area (Å²) in [5, 5.41) is 0. The van der Waals surface area contributed by atoms with Crippen LogP contribution in [0.3, 0.4) is 0 Å². The lowest BCUT2D eigenvalue weighted by atomic mass is 10.1. The van der Waals surface area contributed by atoms with Gasteiger partial charge in [0.2, 0.25) is 5.88 Å². The fourth-order valence-corrected chi connectivity index (χ4v) is 1.21. The summed E-state index contributed by atoms with van der Waals surface area (Å²) in [5.74, 6) is -1.47. The second kappa shape index (κ2) is 5.03. The minimum absolute atomic E-state index is 0.101. The number of ether oxygens (including phenoxy) is 1. The molecule has 10 heteroatoms. The maximum atomic E-state index is 12.4. The van der Waals surface area contributed by atoms with E-state index in [1.165, 1.54) is 0 Å². The number of carbonyl (C=O) groups is 1. The Labute approximate surface area is 102 Å². The smallest absolute Gasteiger partial charge is 0.387 e. The molecule has 0 fully saturated rings. The molecule has 0 amide bonds. The van der Waals surface area contributed by atoms with Crippen molar-refractivity contribution in [2.45, 2.75) is 19.1 Å². The number of nitrogens with zero attached hydrogens (tertiary/aromatic N) is 1. The van der Waals surface area contributed by atoms with E-state index in [0.717, 1.165) is 0 Å². The average Bonchev–Trinajstić information content (AvgIpc) is 2.24. The minimum atomic E-state index is -5.28. The molecule has 1 rings (SSSR count).